The van der Waals surface area contributed by atoms with Gasteiger partial charge in [-0.25, -0.2) is 4.79 Å². The van der Waals surface area contributed by atoms with Crippen LogP contribution in [0.4, 0.5) is 0 Å². The zero-order valence-electron chi connectivity index (χ0n) is 6.55. The molecule has 0 spiro atoms. The van der Waals surface area contributed by atoms with Crippen LogP contribution >= 0.6 is 0 Å². The number of hydrogen-bond donors (Lipinski definition) is 1. The van der Waals surface area contributed by atoms with Gasteiger partial charge in [-0.1, -0.05) is 25.8 Å². The molecule has 0 aliphatic rings. The number of rotatable bonds is 4. The van der Waals surface area contributed by atoms with E-state index in [1.54, 1.807) is 13.0 Å². The van der Waals surface area contributed by atoms with E-state index in [-0.39, 0.29) is 29.6 Å². The number of hydrogen-bond acceptors (Lipinski definition) is 1. The molecule has 0 aromatic carbocycles. The van der Waals surface area contributed by atoms with Gasteiger partial charge in [0.15, 0.2) is 0 Å². The van der Waals surface area contributed by atoms with Crippen LogP contribution in [0, 0.1) is 0 Å². The van der Waals surface area contributed by atoms with Crippen molar-refractivity contribution in [2.45, 2.75) is 33.1 Å². The molecule has 0 aromatic heterocycles. The van der Waals surface area contributed by atoms with Gasteiger partial charge in [0.05, 0.1) is 0 Å². The maximum atomic E-state index is 10.2. The van der Waals surface area contributed by atoms with Crippen molar-refractivity contribution in [3.8, 4) is 0 Å². The predicted octanol–water partition coefficient (Wildman–Crippen LogP) is 1.56. The summed E-state index contributed by atoms with van der Waals surface area (Å²) in [6.07, 6.45) is 4.84. The Morgan fingerprint density at radius 2 is 2.09 bits per heavy atom. The Labute approximate surface area is 90.0 Å². The van der Waals surface area contributed by atoms with Crippen molar-refractivity contribution in [1.82, 2.24) is 0 Å². The third-order valence-corrected chi connectivity index (χ3v) is 1.35. The minimum atomic E-state index is -0.809. The summed E-state index contributed by atoms with van der Waals surface area (Å²) in [5, 5.41) is 8.41. The van der Waals surface area contributed by atoms with Crippen molar-refractivity contribution in [2.75, 3.05) is 0 Å². The van der Waals surface area contributed by atoms with Gasteiger partial charge in [-0.3, -0.25) is 0 Å². The van der Waals surface area contributed by atoms with E-state index in [4.69, 9.17) is 5.11 Å². The quantitative estimate of drug-likeness (QED) is 0.391. The van der Waals surface area contributed by atoms with E-state index >= 15 is 0 Å². The van der Waals surface area contributed by atoms with Crippen LogP contribution in [0.15, 0.2) is 11.6 Å². The maximum absolute atomic E-state index is 10.2. The third kappa shape index (κ3) is 8.11. The monoisotopic (exact) mass is 166 g/mol. The van der Waals surface area contributed by atoms with E-state index in [9.17, 15) is 4.79 Å². The van der Waals surface area contributed by atoms with E-state index in [1.807, 2.05) is 0 Å². The van der Waals surface area contributed by atoms with Crippen molar-refractivity contribution in [3.63, 3.8) is 0 Å². The summed E-state index contributed by atoms with van der Waals surface area (Å²) in [5.41, 5.74) is 0.452. The number of unbranched alkanes of at least 4 members (excludes halogenated alkanes) is 2. The molecule has 0 fully saturated rings. The van der Waals surface area contributed by atoms with Gasteiger partial charge in [0.1, 0.15) is 0 Å². The summed E-state index contributed by atoms with van der Waals surface area (Å²) in [5.74, 6) is -0.809. The van der Waals surface area contributed by atoms with Gasteiger partial charge in [0, 0.05) is 5.57 Å². The first kappa shape index (κ1) is 13.8. The number of carbonyl (C=O) groups is 1. The van der Waals surface area contributed by atoms with Crippen molar-refractivity contribution < 1.29 is 9.90 Å². The summed E-state index contributed by atoms with van der Waals surface area (Å²) < 4.78 is 0. The molecule has 0 heterocycles. The number of carboxylic acids is 1. The first-order valence-electron chi connectivity index (χ1n) is 3.58. The Balaban J connectivity index is 0. The second kappa shape index (κ2) is 8.31. The second-order valence-electron chi connectivity index (χ2n) is 2.33. The third-order valence-electron chi connectivity index (χ3n) is 1.35. The molecule has 11 heavy (non-hydrogen) atoms. The summed E-state index contributed by atoms with van der Waals surface area (Å²) in [4.78, 5) is 10.2. The minimum absolute atomic E-state index is 0. The molecule has 0 aromatic rings. The van der Waals surface area contributed by atoms with Crippen LogP contribution in [-0.4, -0.2) is 40.6 Å². The fraction of sp³-hybridized carbons (Fsp3) is 0.625. The molecule has 0 saturated heterocycles. The second-order valence-corrected chi connectivity index (χ2v) is 2.33. The first-order chi connectivity index (χ1) is 4.68. The van der Waals surface area contributed by atoms with Crippen molar-refractivity contribution in [3.05, 3.63) is 11.6 Å². The Morgan fingerprint density at radius 3 is 2.45 bits per heavy atom. The molecular formula is C8H15NaO2. The van der Waals surface area contributed by atoms with Crippen LogP contribution < -0.4 is 0 Å². The molecule has 1 N–H and O–H groups in total. The normalized spacial score (nSPS) is 10.5. The fourth-order valence-electron chi connectivity index (χ4n) is 0.610. The van der Waals surface area contributed by atoms with Crippen LogP contribution in [0.1, 0.15) is 33.1 Å². The Hall–Kier alpha value is 0.210. The summed E-state index contributed by atoms with van der Waals surface area (Å²) in [7, 11) is 0. The first-order valence-corrected chi connectivity index (χ1v) is 3.58. The van der Waals surface area contributed by atoms with Crippen molar-refractivity contribution >= 4 is 35.5 Å². The molecule has 0 radical (unpaired) electrons. The van der Waals surface area contributed by atoms with Crippen LogP contribution in [0.5, 0.6) is 0 Å². The summed E-state index contributed by atoms with van der Waals surface area (Å²) in [6.45, 7) is 3.71. The van der Waals surface area contributed by atoms with Gasteiger partial charge in [0.25, 0.3) is 0 Å². The van der Waals surface area contributed by atoms with E-state index < -0.39 is 5.97 Å². The molecule has 0 aliphatic carbocycles. The zero-order chi connectivity index (χ0) is 7.98. The van der Waals surface area contributed by atoms with E-state index in [2.05, 4.69) is 6.92 Å². The topological polar surface area (TPSA) is 37.3 Å². The van der Waals surface area contributed by atoms with Crippen molar-refractivity contribution in [2.24, 2.45) is 0 Å². The number of aliphatic carboxylic acids is 1. The number of allylic oxidation sites excluding steroid dienone is 1. The molecule has 0 bridgehead atoms. The molecule has 0 aliphatic heterocycles. The van der Waals surface area contributed by atoms with E-state index in [1.165, 1.54) is 0 Å². The van der Waals surface area contributed by atoms with Crippen LogP contribution in [0.25, 0.3) is 0 Å². The molecule has 60 valence electrons. The molecule has 0 amide bonds. The molecule has 0 atom stereocenters. The van der Waals surface area contributed by atoms with E-state index in [0.717, 1.165) is 19.3 Å². The van der Waals surface area contributed by atoms with Gasteiger partial charge in [-0.05, 0) is 13.3 Å². The average molecular weight is 166 g/mol. The molecule has 0 unspecified atom stereocenters. The SMILES string of the molecule is CCCCC=C(C)C(=O)O.[NaH]. The number of carboxylic acid groups (broad SMARTS) is 1. The van der Waals surface area contributed by atoms with Gasteiger partial charge >= 0.3 is 35.5 Å². The van der Waals surface area contributed by atoms with Gasteiger partial charge < -0.3 is 5.11 Å². The van der Waals surface area contributed by atoms with Gasteiger partial charge in [0.2, 0.25) is 0 Å². The molecule has 3 heteroatoms. The Morgan fingerprint density at radius 1 is 1.55 bits per heavy atom. The Bertz CT molecular complexity index is 141. The predicted molar refractivity (Wildman–Crippen MR) is 48.1 cm³/mol. The molecule has 0 saturated carbocycles. The standard InChI is InChI=1S/C8H14O2.Na.H/c1-3-4-5-6-7(2)8(9)10;;/h6H,3-5H2,1-2H3,(H,9,10);;. The summed E-state index contributed by atoms with van der Waals surface area (Å²) >= 11 is 0. The van der Waals surface area contributed by atoms with Gasteiger partial charge in [-0.2, -0.15) is 0 Å². The van der Waals surface area contributed by atoms with Crippen molar-refractivity contribution in [1.29, 1.82) is 0 Å². The van der Waals surface area contributed by atoms with Crippen LogP contribution in [0.2, 0.25) is 0 Å². The molecule has 2 nitrogen and oxygen atoms in total. The molecular weight excluding hydrogens is 151 g/mol. The zero-order valence-corrected chi connectivity index (χ0v) is 6.55. The van der Waals surface area contributed by atoms with Gasteiger partial charge in [-0.15, -0.1) is 0 Å². The summed E-state index contributed by atoms with van der Waals surface area (Å²) in [6, 6.07) is 0. The Kier molecular flexibility index (Phi) is 10.4. The molecule has 0 rings (SSSR count). The average Bonchev–Trinajstić information content (AvgIpc) is 1.88. The van der Waals surface area contributed by atoms with E-state index in [0.29, 0.717) is 5.57 Å². The van der Waals surface area contributed by atoms with Crippen LogP contribution in [-0.2, 0) is 4.79 Å². The van der Waals surface area contributed by atoms with Crippen LogP contribution in [0.3, 0.4) is 0 Å². The fourth-order valence-corrected chi connectivity index (χ4v) is 0.610.